The van der Waals surface area contributed by atoms with Crippen LogP contribution in [0.4, 0.5) is 13.2 Å². The Hall–Kier alpha value is -5.82. The number of aliphatic carboxylic acids is 5. The largest absolute Gasteiger partial charge is 0.481 e. The van der Waals surface area contributed by atoms with Gasteiger partial charge in [-0.2, -0.15) is 24.9 Å². The summed E-state index contributed by atoms with van der Waals surface area (Å²) in [4.78, 5) is 146. The first-order valence-electron chi connectivity index (χ1n) is 17.0. The van der Waals surface area contributed by atoms with E-state index in [1.165, 1.54) is 0 Å². The lowest BCUT2D eigenvalue weighted by atomic mass is 9.92. The number of Topliss-reactive ketones (excluding diaryl/α,β-unsaturated/α-hetero) is 1. The summed E-state index contributed by atoms with van der Waals surface area (Å²) in [5.74, 6) is -17.6. The van der Waals surface area contributed by atoms with Crippen molar-refractivity contribution in [1.82, 2.24) is 26.6 Å². The van der Waals surface area contributed by atoms with E-state index in [1.54, 1.807) is 6.26 Å². The van der Waals surface area contributed by atoms with Crippen molar-refractivity contribution in [2.45, 2.75) is 107 Å². The van der Waals surface area contributed by atoms with Crippen molar-refractivity contribution in [2.75, 3.05) is 12.0 Å². The molecule has 0 saturated carbocycles. The summed E-state index contributed by atoms with van der Waals surface area (Å²) in [7, 11) is 0. The maximum Gasteiger partial charge on any atom is 0.390 e. The Morgan fingerprint density at radius 3 is 1.28 bits per heavy atom. The summed E-state index contributed by atoms with van der Waals surface area (Å²) in [5.41, 5.74) is 0. The van der Waals surface area contributed by atoms with Crippen LogP contribution in [-0.2, 0) is 57.5 Å². The molecule has 0 aromatic rings. The fourth-order valence-corrected chi connectivity index (χ4v) is 5.29. The number of carboxylic acid groups (broad SMARTS) is 5. The third-order valence-electron chi connectivity index (χ3n) is 7.69. The van der Waals surface area contributed by atoms with Gasteiger partial charge in [0.1, 0.15) is 30.5 Å². The van der Waals surface area contributed by atoms with Crippen LogP contribution in [0, 0.1) is 5.92 Å². The Bertz CT molecular complexity index is 1550. The standard InChI is InChI=1S/C32H44F3N5O17S/c1-58-11-10-19(40-29(55)18(4-8-24(47)48)39-31(57)20(12-26(51)52)36-21(42)5-9-25(49)50)30(56)38-17(3-7-23(45)46)28(54)37-16(2-6-22(43)44)27(53)15(14-41)13-32(33,34)35/h14-20H,2-13H2,1H3,(H,36,42)(H,37,54)(H,38,56)(H,39,57)(H,40,55)(H,43,44)(H,45,46)(H,47,48)(H,49,50)(H,51,52)/t15-,16-,17-,18-,19-,20-/m0/s1. The minimum atomic E-state index is -5.04. The number of halogens is 3. The molecule has 0 aliphatic rings. The molecule has 326 valence electrons. The molecule has 0 rings (SSSR count). The number of carbonyl (C=O) groups excluding carboxylic acids is 7. The number of nitrogens with one attached hydrogen (secondary N) is 5. The van der Waals surface area contributed by atoms with Crippen molar-refractivity contribution < 1.29 is 96.2 Å². The van der Waals surface area contributed by atoms with Crippen molar-refractivity contribution in [2.24, 2.45) is 5.92 Å². The first-order valence-corrected chi connectivity index (χ1v) is 18.4. The molecule has 0 spiro atoms. The van der Waals surface area contributed by atoms with Crippen LogP contribution in [0.1, 0.15) is 70.6 Å². The van der Waals surface area contributed by atoms with Gasteiger partial charge in [0.15, 0.2) is 5.78 Å². The predicted octanol–water partition coefficient (Wildman–Crippen LogP) is -1.57. The first kappa shape index (κ1) is 52.2. The smallest absolute Gasteiger partial charge is 0.390 e. The summed E-state index contributed by atoms with van der Waals surface area (Å²) in [6.45, 7) is 0. The zero-order valence-corrected chi connectivity index (χ0v) is 31.5. The van der Waals surface area contributed by atoms with E-state index in [0.717, 1.165) is 11.8 Å². The van der Waals surface area contributed by atoms with Gasteiger partial charge in [0.2, 0.25) is 29.5 Å². The Balaban J connectivity index is 6.52. The summed E-state index contributed by atoms with van der Waals surface area (Å²) in [5, 5.41) is 55.9. The van der Waals surface area contributed by atoms with Gasteiger partial charge >= 0.3 is 36.0 Å². The highest BCUT2D eigenvalue weighted by atomic mass is 32.2. The molecule has 26 heteroatoms. The van der Waals surface area contributed by atoms with E-state index in [-0.39, 0.29) is 18.5 Å². The van der Waals surface area contributed by atoms with E-state index in [1.807, 2.05) is 10.6 Å². The van der Waals surface area contributed by atoms with Crippen molar-refractivity contribution in [3.05, 3.63) is 0 Å². The number of hydrogen-bond acceptors (Lipinski definition) is 13. The number of alkyl halides is 3. The highest BCUT2D eigenvalue weighted by Gasteiger charge is 2.39. The quantitative estimate of drug-likeness (QED) is 0.0288. The van der Waals surface area contributed by atoms with Crippen LogP contribution in [0.25, 0.3) is 0 Å². The Morgan fingerprint density at radius 1 is 0.534 bits per heavy atom. The van der Waals surface area contributed by atoms with E-state index >= 15 is 0 Å². The molecule has 10 N–H and O–H groups in total. The molecule has 0 unspecified atom stereocenters. The zero-order valence-electron chi connectivity index (χ0n) is 30.7. The summed E-state index contributed by atoms with van der Waals surface area (Å²) in [6.07, 6.45) is -13.2. The second kappa shape index (κ2) is 26.2. The molecule has 0 aromatic carbocycles. The Morgan fingerprint density at radius 2 is 0.914 bits per heavy atom. The molecule has 0 aliphatic carbocycles. The van der Waals surface area contributed by atoms with Crippen LogP contribution in [0.2, 0.25) is 0 Å². The van der Waals surface area contributed by atoms with Crippen LogP contribution in [0.3, 0.4) is 0 Å². The number of rotatable bonds is 30. The zero-order chi connectivity index (χ0) is 44.7. The predicted molar refractivity (Wildman–Crippen MR) is 188 cm³/mol. The molecule has 0 aromatic heterocycles. The minimum Gasteiger partial charge on any atom is -0.481 e. The highest BCUT2D eigenvalue weighted by molar-refractivity contribution is 7.98. The van der Waals surface area contributed by atoms with Crippen LogP contribution >= 0.6 is 11.8 Å². The average Bonchev–Trinajstić information content (AvgIpc) is 3.11. The number of amides is 5. The van der Waals surface area contributed by atoms with Crippen LogP contribution in [0.15, 0.2) is 0 Å². The second-order valence-electron chi connectivity index (χ2n) is 12.4. The number of carboxylic acids is 5. The van der Waals surface area contributed by atoms with E-state index in [9.17, 15) is 86.0 Å². The molecule has 5 amide bonds. The molecule has 0 aliphatic heterocycles. The van der Waals surface area contributed by atoms with Gasteiger partial charge in [-0.05, 0) is 37.7 Å². The topological polar surface area (TPSA) is 366 Å². The fraction of sp³-hybridized carbons (Fsp3) is 0.625. The lowest BCUT2D eigenvalue weighted by molar-refractivity contribution is -0.157. The molecule has 0 heterocycles. The SMILES string of the molecule is CSCC[C@H](NC(=O)[C@H](CCC(=O)O)NC(=O)[C@H](CC(=O)O)NC(=O)CCC(=O)O)C(=O)N[C@@H](CCC(=O)O)C(=O)N[C@@H](CCC(=O)O)C(=O)[C@H](C=O)CC(F)(F)F. The molecule has 58 heavy (non-hydrogen) atoms. The summed E-state index contributed by atoms with van der Waals surface area (Å²) in [6, 6.07) is -9.36. The fourth-order valence-electron chi connectivity index (χ4n) is 4.81. The van der Waals surface area contributed by atoms with E-state index in [4.69, 9.17) is 10.2 Å². The normalized spacial score (nSPS) is 14.1. The second-order valence-corrected chi connectivity index (χ2v) is 13.4. The van der Waals surface area contributed by atoms with Gasteiger partial charge in [0.25, 0.3) is 0 Å². The highest BCUT2D eigenvalue weighted by Crippen LogP contribution is 2.25. The molecule has 0 fully saturated rings. The average molecular weight is 860 g/mol. The van der Waals surface area contributed by atoms with Gasteiger partial charge in [-0.3, -0.25) is 52.7 Å². The summed E-state index contributed by atoms with van der Waals surface area (Å²) < 4.78 is 39.1. The molecular weight excluding hydrogens is 815 g/mol. The lowest BCUT2D eigenvalue weighted by Crippen LogP contribution is -2.59. The van der Waals surface area contributed by atoms with Crippen LogP contribution in [-0.4, -0.2) is 145 Å². The summed E-state index contributed by atoms with van der Waals surface area (Å²) >= 11 is 1.13. The van der Waals surface area contributed by atoms with Gasteiger partial charge in [0, 0.05) is 25.7 Å². The molecule has 0 saturated heterocycles. The number of aldehydes is 1. The van der Waals surface area contributed by atoms with Crippen molar-refractivity contribution in [1.29, 1.82) is 0 Å². The monoisotopic (exact) mass is 859 g/mol. The van der Waals surface area contributed by atoms with Gasteiger partial charge in [0.05, 0.1) is 31.2 Å². The van der Waals surface area contributed by atoms with Crippen molar-refractivity contribution in [3.63, 3.8) is 0 Å². The van der Waals surface area contributed by atoms with Crippen molar-refractivity contribution in [3.8, 4) is 0 Å². The minimum absolute atomic E-state index is 0.0949. The Labute approximate surface area is 330 Å². The van der Waals surface area contributed by atoms with E-state index in [0.29, 0.717) is 0 Å². The number of thioether (sulfide) groups is 1. The van der Waals surface area contributed by atoms with Gasteiger partial charge < -0.3 is 56.9 Å². The molecule has 0 bridgehead atoms. The molecular formula is C32H44F3N5O17S. The Kier molecular flexibility index (Phi) is 23.5. The maximum atomic E-state index is 13.5. The van der Waals surface area contributed by atoms with E-state index < -0.39 is 172 Å². The van der Waals surface area contributed by atoms with Crippen LogP contribution in [0.5, 0.6) is 0 Å². The number of ketones is 1. The number of carbonyl (C=O) groups is 12. The maximum absolute atomic E-state index is 13.5. The molecule has 22 nitrogen and oxygen atoms in total. The van der Waals surface area contributed by atoms with Gasteiger partial charge in [-0.15, -0.1) is 0 Å². The molecule has 0 radical (unpaired) electrons. The third-order valence-corrected chi connectivity index (χ3v) is 8.33. The van der Waals surface area contributed by atoms with Crippen molar-refractivity contribution >= 4 is 83.2 Å². The lowest BCUT2D eigenvalue weighted by Gasteiger charge is -2.27. The number of hydrogen-bond donors (Lipinski definition) is 10. The van der Waals surface area contributed by atoms with Gasteiger partial charge in [-0.1, -0.05) is 0 Å². The van der Waals surface area contributed by atoms with Gasteiger partial charge in [-0.25, -0.2) is 0 Å². The van der Waals surface area contributed by atoms with Crippen LogP contribution < -0.4 is 26.6 Å². The third kappa shape index (κ3) is 22.7. The van der Waals surface area contributed by atoms with E-state index in [2.05, 4.69) is 16.0 Å². The first-order chi connectivity index (χ1) is 26.9. The molecule has 6 atom stereocenters.